The number of nitrogens with zero attached hydrogens (tertiary/aromatic N) is 2. The Morgan fingerprint density at radius 3 is 1.41 bits per heavy atom. The zero-order chi connectivity index (χ0) is 19.5. The Morgan fingerprint density at radius 2 is 1.04 bits per heavy atom. The molecule has 159 valence electrons. The number of halogens is 2. The van der Waals surface area contributed by atoms with Gasteiger partial charge in [0.2, 0.25) is 0 Å². The van der Waals surface area contributed by atoms with Crippen molar-refractivity contribution in [2.45, 2.75) is 103 Å². The van der Waals surface area contributed by atoms with Gasteiger partial charge in [-0.3, -0.25) is 9.98 Å². The predicted octanol–water partition coefficient (Wildman–Crippen LogP) is 7.47. The van der Waals surface area contributed by atoms with Gasteiger partial charge in [0, 0.05) is 24.5 Å². The van der Waals surface area contributed by atoms with Gasteiger partial charge in [-0.05, 0) is 94.3 Å². The molecule has 3 aliphatic carbocycles. The van der Waals surface area contributed by atoms with Crippen LogP contribution in [0.2, 0.25) is 0 Å². The van der Waals surface area contributed by atoms with Crippen molar-refractivity contribution in [3.8, 4) is 0 Å². The summed E-state index contributed by atoms with van der Waals surface area (Å²) in [6.45, 7) is 4.77. The number of rotatable bonds is 4. The van der Waals surface area contributed by atoms with Crippen LogP contribution in [0, 0.1) is 23.7 Å². The summed E-state index contributed by atoms with van der Waals surface area (Å²) in [6.07, 6.45) is 20.8. The van der Waals surface area contributed by atoms with Crippen LogP contribution in [0.5, 0.6) is 0 Å². The van der Waals surface area contributed by atoms with E-state index >= 15 is 0 Å². The van der Waals surface area contributed by atoms with Crippen LogP contribution in [-0.2, 0) is 12.9 Å². The third-order valence-electron chi connectivity index (χ3n) is 6.74. The Kier molecular flexibility index (Phi) is 12.0. The summed E-state index contributed by atoms with van der Waals surface area (Å²) in [5, 5.41) is 0. The minimum absolute atomic E-state index is 0.382. The van der Waals surface area contributed by atoms with E-state index in [0.717, 1.165) is 11.8 Å². The Labute approximate surface area is 181 Å². The molecule has 27 heavy (non-hydrogen) atoms. The molecule has 0 saturated heterocycles. The molecular weight excluding hydrogens is 422 g/mol. The van der Waals surface area contributed by atoms with Crippen molar-refractivity contribution in [3.63, 3.8) is 0 Å². The monoisotopic (exact) mass is 459 g/mol. The van der Waals surface area contributed by atoms with Crippen LogP contribution in [0.25, 0.3) is 0 Å². The van der Waals surface area contributed by atoms with Gasteiger partial charge in [0.05, 0.1) is 0 Å². The van der Waals surface area contributed by atoms with Crippen LogP contribution in [0.15, 0.2) is 9.98 Å². The molecular formula is C22H38Cl2CoN2. The molecule has 0 bridgehead atoms. The van der Waals surface area contributed by atoms with E-state index in [1.807, 2.05) is 0 Å². The number of hydrogen-bond acceptors (Lipinski definition) is 2. The molecule has 0 aromatic heterocycles. The second-order valence-electron chi connectivity index (χ2n) is 9.16. The van der Waals surface area contributed by atoms with Crippen LogP contribution < -0.4 is 0 Å². The molecule has 5 heteroatoms. The maximum absolute atomic E-state index is 4.96. The van der Waals surface area contributed by atoms with Gasteiger partial charge in [0.25, 0.3) is 0 Å². The number of aliphatic imine (C=N–C) groups is 2. The standard InChI is InChI=1S/C22H38N2.2ClH.Co/c1-17-6-10-21(11-7-17)23-15-19-4-3-5-20(14-19)16-24-22-12-8-18(2)9-13-22;;;/h15-22H,3-14H2,1-2H3;2*1H;/q;;;+2/p-2. The van der Waals surface area contributed by atoms with E-state index in [1.165, 1.54) is 77.0 Å². The van der Waals surface area contributed by atoms with Crippen LogP contribution in [0.3, 0.4) is 0 Å². The predicted molar refractivity (Wildman–Crippen MR) is 117 cm³/mol. The first kappa shape index (κ1) is 23.7. The van der Waals surface area contributed by atoms with Gasteiger partial charge >= 0.3 is 33.2 Å². The fraction of sp³-hybridized carbons (Fsp3) is 0.909. The Hall–Kier alpha value is 0.426. The van der Waals surface area contributed by atoms with Gasteiger partial charge in [0.15, 0.2) is 0 Å². The Bertz CT molecular complexity index is 404. The molecule has 0 spiro atoms. The molecule has 0 aliphatic heterocycles. The molecule has 0 heterocycles. The zero-order valence-corrected chi connectivity index (χ0v) is 19.6. The van der Waals surface area contributed by atoms with E-state index in [1.54, 1.807) is 0 Å². The minimum atomic E-state index is 0.382. The first-order valence-corrected chi connectivity index (χ1v) is 13.9. The topological polar surface area (TPSA) is 24.7 Å². The average Bonchev–Trinajstić information content (AvgIpc) is 2.68. The molecule has 0 aromatic rings. The third-order valence-corrected chi connectivity index (χ3v) is 6.74. The van der Waals surface area contributed by atoms with Gasteiger partial charge < -0.3 is 0 Å². The summed E-state index contributed by atoms with van der Waals surface area (Å²) in [5.74, 6) is 3.27. The summed E-state index contributed by atoms with van der Waals surface area (Å²) in [6, 6.07) is 1.25. The molecule has 2 atom stereocenters. The second kappa shape index (κ2) is 13.6. The van der Waals surface area contributed by atoms with E-state index in [2.05, 4.69) is 26.3 Å². The van der Waals surface area contributed by atoms with Crippen molar-refractivity contribution in [3.05, 3.63) is 0 Å². The summed E-state index contributed by atoms with van der Waals surface area (Å²) in [7, 11) is 9.47. The van der Waals surface area contributed by atoms with Crippen LogP contribution >= 0.6 is 20.3 Å². The van der Waals surface area contributed by atoms with Crippen molar-refractivity contribution in [1.29, 1.82) is 0 Å². The molecule has 3 rings (SSSR count). The third kappa shape index (κ3) is 9.65. The van der Waals surface area contributed by atoms with E-state index in [0.29, 0.717) is 36.8 Å². The van der Waals surface area contributed by atoms with Crippen LogP contribution in [0.1, 0.15) is 90.9 Å². The average molecular weight is 460 g/mol. The molecule has 0 aromatic carbocycles. The van der Waals surface area contributed by atoms with Crippen molar-refractivity contribution in [2.75, 3.05) is 0 Å². The summed E-state index contributed by atoms with van der Waals surface area (Å²) in [5.41, 5.74) is 0. The van der Waals surface area contributed by atoms with Gasteiger partial charge in [0.1, 0.15) is 0 Å². The van der Waals surface area contributed by atoms with E-state index in [4.69, 9.17) is 30.3 Å². The van der Waals surface area contributed by atoms with E-state index in [9.17, 15) is 0 Å². The molecule has 3 fully saturated rings. The van der Waals surface area contributed by atoms with Crippen LogP contribution in [-0.4, -0.2) is 24.5 Å². The molecule has 3 aliphatic rings. The van der Waals surface area contributed by atoms with Gasteiger partial charge in [-0.15, -0.1) is 0 Å². The maximum atomic E-state index is 4.96. The SMILES string of the molecule is CC1CCC(N=CC2CCCC(C=NC3CCC(C)CC3)C2)CC1.[Cl][Co][Cl]. The van der Waals surface area contributed by atoms with E-state index < -0.39 is 0 Å². The molecule has 0 amide bonds. The molecule has 3 saturated carbocycles. The fourth-order valence-corrected chi connectivity index (χ4v) is 4.81. The quantitative estimate of drug-likeness (QED) is 0.389. The molecule has 0 radical (unpaired) electrons. The normalized spacial score (nSPS) is 38.1. The Morgan fingerprint density at radius 1 is 0.667 bits per heavy atom. The molecule has 0 N–H and O–H groups in total. The molecule has 2 nitrogen and oxygen atoms in total. The van der Waals surface area contributed by atoms with Gasteiger partial charge in [-0.25, -0.2) is 0 Å². The van der Waals surface area contributed by atoms with Gasteiger partial charge in [-0.1, -0.05) is 20.3 Å². The van der Waals surface area contributed by atoms with Crippen molar-refractivity contribution in [2.24, 2.45) is 33.7 Å². The second-order valence-corrected chi connectivity index (χ2v) is 10.9. The molecule has 2 unspecified atom stereocenters. The van der Waals surface area contributed by atoms with Crippen molar-refractivity contribution >= 4 is 32.7 Å². The number of hydrogen-bond donors (Lipinski definition) is 0. The summed E-state index contributed by atoms with van der Waals surface area (Å²) in [4.78, 5) is 9.93. The Balaban J connectivity index is 0.000000817. The zero-order valence-electron chi connectivity index (χ0n) is 17.1. The fourth-order valence-electron chi connectivity index (χ4n) is 4.81. The van der Waals surface area contributed by atoms with Crippen LogP contribution in [0.4, 0.5) is 0 Å². The first-order valence-electron chi connectivity index (χ1n) is 11.0. The summed E-state index contributed by atoms with van der Waals surface area (Å²) >= 11 is 0.382. The van der Waals surface area contributed by atoms with Crippen molar-refractivity contribution in [1.82, 2.24) is 0 Å². The van der Waals surface area contributed by atoms with Gasteiger partial charge in [-0.2, -0.15) is 0 Å². The van der Waals surface area contributed by atoms with Crippen molar-refractivity contribution < 1.29 is 12.9 Å². The van der Waals surface area contributed by atoms with E-state index in [-0.39, 0.29) is 0 Å². The summed E-state index contributed by atoms with van der Waals surface area (Å²) < 4.78 is 0. The first-order chi connectivity index (χ1) is 13.1.